The van der Waals surface area contributed by atoms with Crippen LogP contribution in [-0.4, -0.2) is 31.6 Å². The maximum Gasteiger partial charge on any atom is 0.313 e. The van der Waals surface area contributed by atoms with E-state index in [4.69, 9.17) is 5.11 Å². The van der Waals surface area contributed by atoms with Gasteiger partial charge in [0.05, 0.1) is 5.75 Å². The summed E-state index contributed by atoms with van der Waals surface area (Å²) in [4.78, 5) is 10.7. The van der Waals surface area contributed by atoms with E-state index < -0.39 is 5.97 Å². The van der Waals surface area contributed by atoms with Gasteiger partial charge in [-0.15, -0.1) is 10.2 Å². The molecular weight excluding hydrogens is 274 g/mol. The monoisotopic (exact) mass is 297 g/mol. The second-order valence-electron chi connectivity index (χ2n) is 5.73. The fourth-order valence-corrected chi connectivity index (χ4v) is 3.58. The number of aliphatic carboxylic acids is 1. The Kier molecular flexibility index (Phi) is 5.46. The van der Waals surface area contributed by atoms with Crippen LogP contribution < -0.4 is 0 Å². The molecule has 112 valence electrons. The highest BCUT2D eigenvalue weighted by molar-refractivity contribution is 7.99. The van der Waals surface area contributed by atoms with E-state index in [1.165, 1.54) is 31.0 Å². The first-order chi connectivity index (χ1) is 9.60. The molecule has 20 heavy (non-hydrogen) atoms. The van der Waals surface area contributed by atoms with Crippen LogP contribution in [0, 0.1) is 11.8 Å². The lowest BCUT2D eigenvalue weighted by molar-refractivity contribution is -0.133. The number of aryl methyl sites for hydroxylation is 1. The molecule has 1 saturated carbocycles. The summed E-state index contributed by atoms with van der Waals surface area (Å²) in [5.41, 5.74) is 0. The summed E-state index contributed by atoms with van der Waals surface area (Å²) in [6, 6.07) is 0. The fraction of sp³-hybridized carbons (Fsp3) is 0.786. The number of aromatic nitrogens is 3. The molecule has 0 aromatic carbocycles. The van der Waals surface area contributed by atoms with Gasteiger partial charge in [-0.05, 0) is 31.1 Å². The molecular formula is C14H23N3O2S. The summed E-state index contributed by atoms with van der Waals surface area (Å²) in [5.74, 6) is 1.73. The topological polar surface area (TPSA) is 68.0 Å². The molecule has 1 aliphatic carbocycles. The molecule has 2 atom stereocenters. The van der Waals surface area contributed by atoms with Crippen molar-refractivity contribution in [3.8, 4) is 0 Å². The Hall–Kier alpha value is -1.04. The molecule has 0 bridgehead atoms. The predicted molar refractivity (Wildman–Crippen MR) is 78.9 cm³/mol. The number of carbonyl (C=O) groups is 1. The Labute approximate surface area is 124 Å². The van der Waals surface area contributed by atoms with Crippen molar-refractivity contribution in [2.75, 3.05) is 5.75 Å². The van der Waals surface area contributed by atoms with E-state index in [1.54, 1.807) is 0 Å². The Morgan fingerprint density at radius 2 is 2.25 bits per heavy atom. The molecule has 0 amide bonds. The lowest BCUT2D eigenvalue weighted by Crippen LogP contribution is -2.13. The van der Waals surface area contributed by atoms with Crippen LogP contribution in [0.1, 0.15) is 45.4 Å². The van der Waals surface area contributed by atoms with Crippen LogP contribution in [0.4, 0.5) is 0 Å². The van der Waals surface area contributed by atoms with Crippen LogP contribution in [0.25, 0.3) is 0 Å². The first-order valence-electron chi connectivity index (χ1n) is 7.36. The van der Waals surface area contributed by atoms with E-state index in [0.29, 0.717) is 5.92 Å². The molecule has 1 aromatic rings. The smallest absolute Gasteiger partial charge is 0.313 e. The summed E-state index contributed by atoms with van der Waals surface area (Å²) in [7, 11) is 0. The van der Waals surface area contributed by atoms with Crippen molar-refractivity contribution < 1.29 is 9.90 Å². The fourth-order valence-electron chi connectivity index (χ4n) is 2.89. The van der Waals surface area contributed by atoms with Crippen LogP contribution in [0.2, 0.25) is 0 Å². The highest BCUT2D eigenvalue weighted by Gasteiger charge is 2.24. The number of carboxylic acid groups (broad SMARTS) is 1. The van der Waals surface area contributed by atoms with Gasteiger partial charge in [-0.3, -0.25) is 4.79 Å². The van der Waals surface area contributed by atoms with Crippen LogP contribution >= 0.6 is 11.8 Å². The Bertz CT molecular complexity index is 461. The van der Waals surface area contributed by atoms with Crippen LogP contribution in [0.15, 0.2) is 5.16 Å². The van der Waals surface area contributed by atoms with Crippen molar-refractivity contribution in [2.24, 2.45) is 11.8 Å². The van der Waals surface area contributed by atoms with Gasteiger partial charge in [0, 0.05) is 13.0 Å². The van der Waals surface area contributed by atoms with Gasteiger partial charge in [0.15, 0.2) is 5.16 Å². The van der Waals surface area contributed by atoms with Crippen LogP contribution in [0.3, 0.4) is 0 Å². The molecule has 1 heterocycles. The van der Waals surface area contributed by atoms with E-state index in [2.05, 4.69) is 28.6 Å². The summed E-state index contributed by atoms with van der Waals surface area (Å²) < 4.78 is 2.15. The second-order valence-corrected chi connectivity index (χ2v) is 6.67. The molecule has 0 radical (unpaired) electrons. The number of nitrogens with zero attached hydrogens (tertiary/aromatic N) is 3. The van der Waals surface area contributed by atoms with Crippen molar-refractivity contribution in [1.82, 2.24) is 14.8 Å². The standard InChI is InChI=1S/C14H23N3O2S/c1-3-4-12-15-16-14(20-9-13(18)19)17(12)8-11-6-5-10(2)7-11/h10-11H,3-9H2,1-2H3,(H,18,19). The zero-order chi connectivity index (χ0) is 14.5. The normalized spacial score (nSPS) is 22.3. The summed E-state index contributed by atoms with van der Waals surface area (Å²) >= 11 is 1.28. The number of hydrogen-bond acceptors (Lipinski definition) is 4. The maximum absolute atomic E-state index is 10.7. The van der Waals surface area contributed by atoms with E-state index in [-0.39, 0.29) is 5.75 Å². The SMILES string of the molecule is CCCc1nnc(SCC(=O)O)n1CC1CCC(C)C1. The molecule has 2 rings (SSSR count). The number of carboxylic acids is 1. The van der Waals surface area contributed by atoms with Crippen molar-refractivity contribution in [2.45, 2.75) is 57.7 Å². The zero-order valence-corrected chi connectivity index (χ0v) is 13.0. The van der Waals surface area contributed by atoms with E-state index in [1.807, 2.05) is 0 Å². The average Bonchev–Trinajstić information content (AvgIpc) is 2.96. The first-order valence-corrected chi connectivity index (χ1v) is 8.35. The molecule has 1 aliphatic rings. The van der Waals surface area contributed by atoms with Gasteiger partial charge in [-0.1, -0.05) is 32.0 Å². The van der Waals surface area contributed by atoms with Crippen molar-refractivity contribution in [3.05, 3.63) is 5.82 Å². The average molecular weight is 297 g/mol. The molecule has 5 nitrogen and oxygen atoms in total. The predicted octanol–water partition coefficient (Wildman–Crippen LogP) is 2.84. The van der Waals surface area contributed by atoms with Crippen molar-refractivity contribution in [1.29, 1.82) is 0 Å². The number of hydrogen-bond donors (Lipinski definition) is 1. The molecule has 0 saturated heterocycles. The minimum atomic E-state index is -0.809. The van der Waals surface area contributed by atoms with Crippen LogP contribution in [-0.2, 0) is 17.8 Å². The third kappa shape index (κ3) is 3.98. The molecule has 1 fully saturated rings. The van der Waals surface area contributed by atoms with Crippen LogP contribution in [0.5, 0.6) is 0 Å². The molecule has 6 heteroatoms. The largest absolute Gasteiger partial charge is 0.481 e. The molecule has 0 spiro atoms. The third-order valence-corrected chi connectivity index (χ3v) is 4.79. The van der Waals surface area contributed by atoms with Gasteiger partial charge in [0.2, 0.25) is 0 Å². The Morgan fingerprint density at radius 3 is 2.85 bits per heavy atom. The van der Waals surface area contributed by atoms with Gasteiger partial charge in [-0.2, -0.15) is 0 Å². The van der Waals surface area contributed by atoms with E-state index >= 15 is 0 Å². The summed E-state index contributed by atoms with van der Waals surface area (Å²) in [6.45, 7) is 5.37. The second kappa shape index (κ2) is 7.11. The summed E-state index contributed by atoms with van der Waals surface area (Å²) in [5, 5.41) is 18.0. The van der Waals surface area contributed by atoms with E-state index in [9.17, 15) is 4.79 Å². The van der Waals surface area contributed by atoms with Gasteiger partial charge < -0.3 is 9.67 Å². The maximum atomic E-state index is 10.7. The van der Waals surface area contributed by atoms with Crippen molar-refractivity contribution in [3.63, 3.8) is 0 Å². The lowest BCUT2D eigenvalue weighted by Gasteiger charge is -2.14. The molecule has 1 N–H and O–H groups in total. The molecule has 2 unspecified atom stereocenters. The lowest BCUT2D eigenvalue weighted by atomic mass is 10.1. The summed E-state index contributed by atoms with van der Waals surface area (Å²) in [6.07, 6.45) is 5.75. The Balaban J connectivity index is 2.09. The minimum Gasteiger partial charge on any atom is -0.481 e. The quantitative estimate of drug-likeness (QED) is 0.784. The van der Waals surface area contributed by atoms with Gasteiger partial charge >= 0.3 is 5.97 Å². The highest BCUT2D eigenvalue weighted by Crippen LogP contribution is 2.32. The van der Waals surface area contributed by atoms with Crippen molar-refractivity contribution >= 4 is 17.7 Å². The first kappa shape index (κ1) is 15.4. The van der Waals surface area contributed by atoms with Gasteiger partial charge in [0.25, 0.3) is 0 Å². The zero-order valence-electron chi connectivity index (χ0n) is 12.2. The minimum absolute atomic E-state index is 0.0470. The molecule has 0 aliphatic heterocycles. The van der Waals surface area contributed by atoms with Gasteiger partial charge in [0.1, 0.15) is 5.82 Å². The number of thioether (sulfide) groups is 1. The highest BCUT2D eigenvalue weighted by atomic mass is 32.2. The Morgan fingerprint density at radius 1 is 1.45 bits per heavy atom. The van der Waals surface area contributed by atoms with Gasteiger partial charge in [-0.25, -0.2) is 0 Å². The number of rotatable bonds is 7. The van der Waals surface area contributed by atoms with E-state index in [0.717, 1.165) is 36.3 Å². The third-order valence-electron chi connectivity index (χ3n) is 3.84. The molecule has 1 aromatic heterocycles.